The third kappa shape index (κ3) is 2.77. The number of hydrogen-bond donors (Lipinski definition) is 1. The first-order valence-corrected chi connectivity index (χ1v) is 6.23. The van der Waals surface area contributed by atoms with Crippen LogP contribution in [0.2, 0.25) is 0 Å². The highest BCUT2D eigenvalue weighted by Crippen LogP contribution is 2.21. The van der Waals surface area contributed by atoms with Crippen LogP contribution < -0.4 is 5.73 Å². The number of carbonyl (C=O) groups is 1. The lowest BCUT2D eigenvalue weighted by Gasteiger charge is -2.25. The predicted octanol–water partition coefficient (Wildman–Crippen LogP) is 2.64. The average molecular weight is 273 g/mol. The van der Waals surface area contributed by atoms with E-state index in [2.05, 4.69) is 4.98 Å². The fourth-order valence-corrected chi connectivity index (χ4v) is 1.91. The molecule has 0 aliphatic carbocycles. The Bertz CT molecular complexity index is 616. The predicted molar refractivity (Wildman–Crippen MR) is 75.6 cm³/mol. The van der Waals surface area contributed by atoms with Crippen LogP contribution in [0.15, 0.2) is 42.7 Å². The average Bonchev–Trinajstić information content (AvgIpc) is 2.48. The molecule has 0 spiro atoms. The maximum Gasteiger partial charge on any atom is 0.254 e. The van der Waals surface area contributed by atoms with E-state index >= 15 is 0 Å². The summed E-state index contributed by atoms with van der Waals surface area (Å²) in [5.74, 6) is -0.839. The first-order chi connectivity index (χ1) is 9.50. The maximum atomic E-state index is 13.4. The van der Waals surface area contributed by atoms with Crippen molar-refractivity contribution in [2.45, 2.75) is 13.0 Å². The van der Waals surface area contributed by atoms with E-state index in [-0.39, 0.29) is 23.2 Å². The largest absolute Gasteiger partial charge is 0.396 e. The molecule has 4 nitrogen and oxygen atoms in total. The molecule has 2 N–H and O–H groups in total. The number of nitrogen functional groups attached to an aromatic ring is 1. The summed E-state index contributed by atoms with van der Waals surface area (Å²) in [6.45, 7) is 1.90. The van der Waals surface area contributed by atoms with Gasteiger partial charge in [-0.15, -0.1) is 0 Å². The van der Waals surface area contributed by atoms with Crippen LogP contribution in [0, 0.1) is 5.82 Å². The number of anilines is 1. The Balaban J connectivity index is 2.22. The molecule has 20 heavy (non-hydrogen) atoms. The van der Waals surface area contributed by atoms with Crippen LogP contribution in [0.1, 0.15) is 28.9 Å². The fraction of sp³-hybridized carbons (Fsp3) is 0.200. The molecule has 1 aromatic carbocycles. The van der Waals surface area contributed by atoms with Gasteiger partial charge in [0.25, 0.3) is 5.91 Å². The lowest BCUT2D eigenvalue weighted by atomic mass is 10.1. The van der Waals surface area contributed by atoms with Gasteiger partial charge in [-0.25, -0.2) is 4.39 Å². The SMILES string of the molecule is CC(c1ccncc1)N(C)C(=O)c1ccc(N)c(F)c1. The van der Waals surface area contributed by atoms with E-state index in [0.717, 1.165) is 11.6 Å². The van der Waals surface area contributed by atoms with Crippen LogP contribution in [0.3, 0.4) is 0 Å². The summed E-state index contributed by atoms with van der Waals surface area (Å²) in [5, 5.41) is 0. The van der Waals surface area contributed by atoms with Gasteiger partial charge < -0.3 is 10.6 Å². The van der Waals surface area contributed by atoms with Gasteiger partial charge in [-0.1, -0.05) is 0 Å². The molecular formula is C15H16FN3O. The molecule has 0 saturated heterocycles. The normalized spacial score (nSPS) is 11.9. The minimum Gasteiger partial charge on any atom is -0.396 e. The van der Waals surface area contributed by atoms with Gasteiger partial charge in [0.15, 0.2) is 0 Å². The van der Waals surface area contributed by atoms with Gasteiger partial charge in [-0.3, -0.25) is 9.78 Å². The van der Waals surface area contributed by atoms with Crippen LogP contribution in [-0.2, 0) is 0 Å². The van der Waals surface area contributed by atoms with Crippen molar-refractivity contribution < 1.29 is 9.18 Å². The number of carbonyl (C=O) groups excluding carboxylic acids is 1. The number of halogens is 1. The van der Waals surface area contributed by atoms with Crippen molar-refractivity contribution in [1.82, 2.24) is 9.88 Å². The highest BCUT2D eigenvalue weighted by atomic mass is 19.1. The number of benzene rings is 1. The summed E-state index contributed by atoms with van der Waals surface area (Å²) in [6, 6.07) is 7.64. The molecule has 5 heteroatoms. The minimum atomic E-state index is -0.583. The minimum absolute atomic E-state index is 0.0337. The molecule has 0 bridgehead atoms. The fourth-order valence-electron chi connectivity index (χ4n) is 1.91. The van der Waals surface area contributed by atoms with Gasteiger partial charge in [-0.05, 0) is 42.8 Å². The molecule has 0 aliphatic rings. The van der Waals surface area contributed by atoms with Crippen molar-refractivity contribution in [3.8, 4) is 0 Å². The van der Waals surface area contributed by atoms with Crippen molar-refractivity contribution in [3.05, 3.63) is 59.7 Å². The molecule has 2 aromatic rings. The molecule has 104 valence electrons. The van der Waals surface area contributed by atoms with Crippen molar-refractivity contribution in [2.24, 2.45) is 0 Å². The van der Waals surface area contributed by atoms with Crippen molar-refractivity contribution in [3.63, 3.8) is 0 Å². The third-order valence-electron chi connectivity index (χ3n) is 3.34. The highest BCUT2D eigenvalue weighted by molar-refractivity contribution is 5.94. The maximum absolute atomic E-state index is 13.4. The van der Waals surface area contributed by atoms with Crippen LogP contribution in [-0.4, -0.2) is 22.8 Å². The monoisotopic (exact) mass is 273 g/mol. The number of nitrogens with zero attached hydrogens (tertiary/aromatic N) is 2. The zero-order chi connectivity index (χ0) is 14.7. The molecule has 0 saturated carbocycles. The number of pyridine rings is 1. The van der Waals surface area contributed by atoms with Gasteiger partial charge in [0.05, 0.1) is 11.7 Å². The van der Waals surface area contributed by atoms with Gasteiger partial charge >= 0.3 is 0 Å². The second-order valence-corrected chi connectivity index (χ2v) is 4.61. The zero-order valence-electron chi connectivity index (χ0n) is 11.4. The lowest BCUT2D eigenvalue weighted by Crippen LogP contribution is -2.29. The van der Waals surface area contributed by atoms with E-state index in [4.69, 9.17) is 5.73 Å². The molecule has 1 atom stereocenters. The standard InChI is InChI=1S/C15H16FN3O/c1-10(11-5-7-18-8-6-11)19(2)15(20)12-3-4-14(17)13(16)9-12/h3-10H,17H2,1-2H3. The smallest absolute Gasteiger partial charge is 0.254 e. The molecule has 0 aliphatic heterocycles. The topological polar surface area (TPSA) is 59.2 Å². The van der Waals surface area contributed by atoms with Crippen LogP contribution in [0.25, 0.3) is 0 Å². The molecule has 1 amide bonds. The summed E-state index contributed by atoms with van der Waals surface area (Å²) in [5.41, 5.74) is 6.69. The van der Waals surface area contributed by atoms with Gasteiger partial charge in [0, 0.05) is 25.0 Å². The van der Waals surface area contributed by atoms with Crippen LogP contribution >= 0.6 is 0 Å². The van der Waals surface area contributed by atoms with Crippen molar-refractivity contribution in [1.29, 1.82) is 0 Å². The molecule has 0 radical (unpaired) electrons. The van der Waals surface area contributed by atoms with Crippen molar-refractivity contribution >= 4 is 11.6 Å². The Labute approximate surface area is 117 Å². The quantitative estimate of drug-likeness (QED) is 0.874. The first-order valence-electron chi connectivity index (χ1n) is 6.23. The van der Waals surface area contributed by atoms with Crippen LogP contribution in [0.4, 0.5) is 10.1 Å². The Morgan fingerprint density at radius 3 is 2.55 bits per heavy atom. The lowest BCUT2D eigenvalue weighted by molar-refractivity contribution is 0.0742. The Morgan fingerprint density at radius 1 is 1.30 bits per heavy atom. The second-order valence-electron chi connectivity index (χ2n) is 4.61. The number of nitrogens with two attached hydrogens (primary N) is 1. The summed E-state index contributed by atoms with van der Waals surface area (Å²) in [4.78, 5) is 17.8. The molecule has 1 unspecified atom stereocenters. The van der Waals surface area contributed by atoms with Crippen molar-refractivity contribution in [2.75, 3.05) is 12.8 Å². The van der Waals surface area contributed by atoms with E-state index in [9.17, 15) is 9.18 Å². The van der Waals surface area contributed by atoms with E-state index < -0.39 is 5.82 Å². The van der Waals surface area contributed by atoms with E-state index in [0.29, 0.717) is 0 Å². The Kier molecular flexibility index (Phi) is 3.98. The van der Waals surface area contributed by atoms with Gasteiger partial charge in [-0.2, -0.15) is 0 Å². The first kappa shape index (κ1) is 14.0. The highest BCUT2D eigenvalue weighted by Gasteiger charge is 2.19. The molecule has 1 aromatic heterocycles. The number of hydrogen-bond acceptors (Lipinski definition) is 3. The summed E-state index contributed by atoms with van der Waals surface area (Å²) >= 11 is 0. The Hall–Kier alpha value is -2.43. The zero-order valence-corrected chi connectivity index (χ0v) is 11.4. The van der Waals surface area contributed by atoms with E-state index in [1.807, 2.05) is 19.1 Å². The summed E-state index contributed by atoms with van der Waals surface area (Å²) in [7, 11) is 1.68. The molecule has 1 heterocycles. The Morgan fingerprint density at radius 2 is 1.95 bits per heavy atom. The second kappa shape index (κ2) is 5.69. The van der Waals surface area contributed by atoms with E-state index in [1.165, 1.54) is 12.1 Å². The van der Waals surface area contributed by atoms with Gasteiger partial charge in [0.1, 0.15) is 5.82 Å². The van der Waals surface area contributed by atoms with Crippen LogP contribution in [0.5, 0.6) is 0 Å². The molecule has 0 fully saturated rings. The number of aromatic nitrogens is 1. The number of amides is 1. The summed E-state index contributed by atoms with van der Waals surface area (Å²) in [6.07, 6.45) is 3.35. The number of rotatable bonds is 3. The summed E-state index contributed by atoms with van der Waals surface area (Å²) < 4.78 is 13.4. The molecular weight excluding hydrogens is 257 g/mol. The van der Waals surface area contributed by atoms with Gasteiger partial charge in [0.2, 0.25) is 0 Å². The third-order valence-corrected chi connectivity index (χ3v) is 3.34. The van der Waals surface area contributed by atoms with E-state index in [1.54, 1.807) is 24.3 Å². The molecule has 2 rings (SSSR count).